The molecule has 1 aromatic carbocycles. The summed E-state index contributed by atoms with van der Waals surface area (Å²) in [6.07, 6.45) is 2.92. The number of hydrogen-bond acceptors (Lipinski definition) is 6. The molecule has 0 saturated carbocycles. The third-order valence-electron chi connectivity index (χ3n) is 5.17. The summed E-state index contributed by atoms with van der Waals surface area (Å²) in [4.78, 5) is 12.9. The molecule has 3 aromatic heterocycles. The molecule has 4 heterocycles. The van der Waals surface area contributed by atoms with E-state index in [1.807, 2.05) is 37.4 Å². The molecule has 1 aliphatic heterocycles. The molecule has 0 bridgehead atoms. The van der Waals surface area contributed by atoms with Crippen molar-refractivity contribution in [1.82, 2.24) is 20.0 Å². The van der Waals surface area contributed by atoms with Gasteiger partial charge in [0.05, 0.1) is 10.6 Å². The molecule has 4 aromatic rings. The Bertz CT molecular complexity index is 1090. The van der Waals surface area contributed by atoms with Crippen molar-refractivity contribution in [3.8, 4) is 22.0 Å². The molecule has 0 spiro atoms. The number of nitrogens with zero attached hydrogens (tertiary/aromatic N) is 4. The van der Waals surface area contributed by atoms with E-state index in [4.69, 9.17) is 9.51 Å². The van der Waals surface area contributed by atoms with Gasteiger partial charge in [0.15, 0.2) is 5.82 Å². The normalized spacial score (nSPS) is 14.2. The van der Waals surface area contributed by atoms with Crippen molar-refractivity contribution in [2.75, 3.05) is 6.54 Å². The van der Waals surface area contributed by atoms with Crippen LogP contribution in [-0.4, -0.2) is 26.6 Å². The third-order valence-corrected chi connectivity index (χ3v) is 6.03. The van der Waals surface area contributed by atoms with Crippen LogP contribution < -0.4 is 0 Å². The van der Waals surface area contributed by atoms with Crippen LogP contribution in [0.5, 0.6) is 0 Å². The van der Waals surface area contributed by atoms with Crippen LogP contribution >= 0.6 is 11.3 Å². The molecule has 1 aliphatic rings. The van der Waals surface area contributed by atoms with E-state index in [1.54, 1.807) is 11.3 Å². The largest absolute Gasteiger partial charge is 0.361 e. The van der Waals surface area contributed by atoms with E-state index >= 15 is 0 Å². The van der Waals surface area contributed by atoms with Gasteiger partial charge in [-0.15, -0.1) is 11.3 Å². The van der Waals surface area contributed by atoms with Crippen LogP contribution in [0.4, 0.5) is 0 Å². The first-order chi connectivity index (χ1) is 13.8. The zero-order chi connectivity index (χ0) is 18.9. The van der Waals surface area contributed by atoms with Crippen LogP contribution in [-0.2, 0) is 19.5 Å². The minimum Gasteiger partial charge on any atom is -0.361 e. The lowest BCUT2D eigenvalue weighted by atomic mass is 10.0. The summed E-state index contributed by atoms with van der Waals surface area (Å²) < 4.78 is 5.52. The van der Waals surface area contributed by atoms with Crippen molar-refractivity contribution in [2.24, 2.45) is 0 Å². The summed E-state index contributed by atoms with van der Waals surface area (Å²) in [5.41, 5.74) is 5.57. The standard InChI is InChI=1S/C22H20N4OS/c1-15-18(21(25-27-15)16-6-3-2-4-7-16)14-26-10-9-19-17(13-26)12-23-22(24-19)20-8-5-11-28-20/h2-8,11-12H,9-10,13-14H2,1H3. The van der Waals surface area contributed by atoms with Gasteiger partial charge in [0, 0.05) is 48.9 Å². The first kappa shape index (κ1) is 17.3. The number of rotatable bonds is 4. The molecule has 140 valence electrons. The maximum Gasteiger partial charge on any atom is 0.169 e. The number of thiophene rings is 1. The van der Waals surface area contributed by atoms with Crippen molar-refractivity contribution < 1.29 is 4.52 Å². The van der Waals surface area contributed by atoms with E-state index in [2.05, 4.69) is 38.6 Å². The van der Waals surface area contributed by atoms with Gasteiger partial charge < -0.3 is 4.52 Å². The predicted molar refractivity (Wildman–Crippen MR) is 110 cm³/mol. The number of aromatic nitrogens is 3. The number of aryl methyl sites for hydroxylation is 1. The Labute approximate surface area is 167 Å². The summed E-state index contributed by atoms with van der Waals surface area (Å²) in [6, 6.07) is 14.3. The van der Waals surface area contributed by atoms with Crippen molar-refractivity contribution >= 4 is 11.3 Å². The van der Waals surface area contributed by atoms with Crippen LogP contribution in [0, 0.1) is 6.92 Å². The average molecular weight is 388 g/mol. The van der Waals surface area contributed by atoms with Gasteiger partial charge in [0.2, 0.25) is 0 Å². The van der Waals surface area contributed by atoms with Crippen molar-refractivity contribution in [3.63, 3.8) is 0 Å². The lowest BCUT2D eigenvalue weighted by Crippen LogP contribution is -2.31. The van der Waals surface area contributed by atoms with Gasteiger partial charge in [0.1, 0.15) is 11.5 Å². The molecule has 5 nitrogen and oxygen atoms in total. The van der Waals surface area contributed by atoms with E-state index in [1.165, 1.54) is 11.3 Å². The molecule has 0 fully saturated rings. The van der Waals surface area contributed by atoms with Gasteiger partial charge in [0.25, 0.3) is 0 Å². The Morgan fingerprint density at radius 2 is 2.04 bits per heavy atom. The maximum absolute atomic E-state index is 5.52. The average Bonchev–Trinajstić information content (AvgIpc) is 3.39. The Morgan fingerprint density at radius 1 is 1.14 bits per heavy atom. The highest BCUT2D eigenvalue weighted by Gasteiger charge is 2.23. The van der Waals surface area contributed by atoms with Gasteiger partial charge in [-0.05, 0) is 18.4 Å². The lowest BCUT2D eigenvalue weighted by molar-refractivity contribution is 0.241. The fraction of sp³-hybridized carbons (Fsp3) is 0.227. The third kappa shape index (κ3) is 3.25. The number of benzene rings is 1. The Balaban J connectivity index is 1.37. The van der Waals surface area contributed by atoms with Gasteiger partial charge in [-0.1, -0.05) is 41.6 Å². The second-order valence-electron chi connectivity index (χ2n) is 7.04. The van der Waals surface area contributed by atoms with Gasteiger partial charge in [-0.2, -0.15) is 0 Å². The molecule has 0 radical (unpaired) electrons. The van der Waals surface area contributed by atoms with Crippen LogP contribution in [0.25, 0.3) is 22.0 Å². The smallest absolute Gasteiger partial charge is 0.169 e. The molecule has 0 amide bonds. The number of hydrogen-bond donors (Lipinski definition) is 0. The van der Waals surface area contributed by atoms with E-state index in [0.717, 1.165) is 59.3 Å². The van der Waals surface area contributed by atoms with Crippen LogP contribution in [0.15, 0.2) is 58.6 Å². The lowest BCUT2D eigenvalue weighted by Gasteiger charge is -2.28. The zero-order valence-corrected chi connectivity index (χ0v) is 16.4. The minimum absolute atomic E-state index is 0.811. The van der Waals surface area contributed by atoms with Crippen LogP contribution in [0.1, 0.15) is 22.6 Å². The van der Waals surface area contributed by atoms with Gasteiger partial charge in [-0.25, -0.2) is 9.97 Å². The van der Waals surface area contributed by atoms with Crippen molar-refractivity contribution in [2.45, 2.75) is 26.4 Å². The highest BCUT2D eigenvalue weighted by Crippen LogP contribution is 2.29. The molecule has 6 heteroatoms. The summed E-state index contributed by atoms with van der Waals surface area (Å²) >= 11 is 1.68. The summed E-state index contributed by atoms with van der Waals surface area (Å²) in [7, 11) is 0. The second-order valence-corrected chi connectivity index (χ2v) is 7.98. The van der Waals surface area contributed by atoms with Crippen molar-refractivity contribution in [1.29, 1.82) is 0 Å². The molecule has 5 rings (SSSR count). The molecule has 0 N–H and O–H groups in total. The van der Waals surface area contributed by atoms with Gasteiger partial charge >= 0.3 is 0 Å². The topological polar surface area (TPSA) is 55.1 Å². The predicted octanol–water partition coefficient (Wildman–Crippen LogP) is 4.73. The summed E-state index contributed by atoms with van der Waals surface area (Å²) in [5.74, 6) is 1.72. The fourth-order valence-corrected chi connectivity index (χ4v) is 4.32. The summed E-state index contributed by atoms with van der Waals surface area (Å²) in [5, 5.41) is 6.37. The van der Waals surface area contributed by atoms with E-state index in [-0.39, 0.29) is 0 Å². The second kappa shape index (κ2) is 7.30. The van der Waals surface area contributed by atoms with Crippen molar-refractivity contribution in [3.05, 3.63) is 76.6 Å². The minimum atomic E-state index is 0.811. The Hall–Kier alpha value is -2.83. The SMILES string of the molecule is Cc1onc(-c2ccccc2)c1CN1CCc2nc(-c3cccs3)ncc2C1. The fourth-order valence-electron chi connectivity index (χ4n) is 3.66. The van der Waals surface area contributed by atoms with Gasteiger partial charge in [-0.3, -0.25) is 4.90 Å². The monoisotopic (exact) mass is 388 g/mol. The molecule has 28 heavy (non-hydrogen) atoms. The summed E-state index contributed by atoms with van der Waals surface area (Å²) in [6.45, 7) is 4.61. The quantitative estimate of drug-likeness (QED) is 0.506. The van der Waals surface area contributed by atoms with Crippen LogP contribution in [0.3, 0.4) is 0 Å². The Morgan fingerprint density at radius 3 is 2.86 bits per heavy atom. The highest BCUT2D eigenvalue weighted by atomic mass is 32.1. The molecular weight excluding hydrogens is 368 g/mol. The first-order valence-corrected chi connectivity index (χ1v) is 10.3. The first-order valence-electron chi connectivity index (χ1n) is 9.39. The molecule has 0 atom stereocenters. The highest BCUT2D eigenvalue weighted by molar-refractivity contribution is 7.13. The van der Waals surface area contributed by atoms with E-state index in [9.17, 15) is 0 Å². The van der Waals surface area contributed by atoms with E-state index < -0.39 is 0 Å². The molecule has 0 unspecified atom stereocenters. The molecular formula is C22H20N4OS. The Kier molecular flexibility index (Phi) is 4.50. The molecule has 0 aliphatic carbocycles. The number of fused-ring (bicyclic) bond motifs is 1. The van der Waals surface area contributed by atoms with E-state index in [0.29, 0.717) is 0 Å². The maximum atomic E-state index is 5.52. The zero-order valence-electron chi connectivity index (χ0n) is 15.6. The van der Waals surface area contributed by atoms with Crippen LogP contribution in [0.2, 0.25) is 0 Å². The molecule has 0 saturated heterocycles.